The Labute approximate surface area is 164 Å². The van der Waals surface area contributed by atoms with Gasteiger partial charge in [-0.3, -0.25) is 4.79 Å². The molecule has 0 saturated carbocycles. The second kappa shape index (κ2) is 9.08. The van der Waals surface area contributed by atoms with E-state index < -0.39 is 0 Å². The van der Waals surface area contributed by atoms with Gasteiger partial charge in [-0.2, -0.15) is 0 Å². The highest BCUT2D eigenvalue weighted by Crippen LogP contribution is 2.18. The van der Waals surface area contributed by atoms with Gasteiger partial charge in [0.05, 0.1) is 0 Å². The molecule has 6 heteroatoms. The molecule has 0 aliphatic rings. The minimum Gasteiger partial charge on any atom is -0.350 e. The Morgan fingerprint density at radius 3 is 2.43 bits per heavy atom. The van der Waals surface area contributed by atoms with Crippen molar-refractivity contribution in [1.82, 2.24) is 15.3 Å². The third-order valence-electron chi connectivity index (χ3n) is 4.36. The van der Waals surface area contributed by atoms with E-state index in [-0.39, 0.29) is 17.8 Å². The van der Waals surface area contributed by atoms with Crippen molar-refractivity contribution in [2.45, 2.75) is 33.0 Å². The van der Waals surface area contributed by atoms with Gasteiger partial charge in [-0.25, -0.2) is 14.4 Å². The number of hydrogen-bond acceptors (Lipinski definition) is 4. The molecule has 0 fully saturated rings. The first-order valence-electron chi connectivity index (χ1n) is 9.18. The van der Waals surface area contributed by atoms with Gasteiger partial charge in [0.15, 0.2) is 0 Å². The summed E-state index contributed by atoms with van der Waals surface area (Å²) in [6.07, 6.45) is 1.41. The van der Waals surface area contributed by atoms with Crippen LogP contribution in [0.2, 0.25) is 0 Å². The van der Waals surface area contributed by atoms with E-state index in [1.165, 1.54) is 18.5 Å². The second-order valence-corrected chi connectivity index (χ2v) is 6.78. The van der Waals surface area contributed by atoms with Gasteiger partial charge in [-0.1, -0.05) is 42.5 Å². The number of rotatable bonds is 7. The summed E-state index contributed by atoms with van der Waals surface area (Å²) < 4.78 is 13.0. The number of carbonyl (C=O) groups is 1. The van der Waals surface area contributed by atoms with Crippen molar-refractivity contribution in [3.8, 4) is 0 Å². The van der Waals surface area contributed by atoms with Crippen molar-refractivity contribution in [3.63, 3.8) is 0 Å². The van der Waals surface area contributed by atoms with Crippen molar-refractivity contribution in [2.24, 2.45) is 0 Å². The number of anilines is 1. The number of hydrogen-bond donors (Lipinski definition) is 1. The summed E-state index contributed by atoms with van der Waals surface area (Å²) in [5.41, 5.74) is 2.28. The Morgan fingerprint density at radius 1 is 1.04 bits per heavy atom. The number of halogens is 1. The Balaban J connectivity index is 1.72. The van der Waals surface area contributed by atoms with E-state index in [1.54, 1.807) is 18.2 Å². The zero-order valence-electron chi connectivity index (χ0n) is 16.0. The first kappa shape index (κ1) is 19.5. The SMILES string of the molecule is CC(C)N(Cc1ccccc1)c1cc(C(=O)NCc2ccc(F)cc2)ncn1. The van der Waals surface area contributed by atoms with Gasteiger partial charge in [-0.15, -0.1) is 0 Å². The van der Waals surface area contributed by atoms with Gasteiger partial charge in [-0.05, 0) is 37.1 Å². The highest BCUT2D eigenvalue weighted by Gasteiger charge is 2.16. The first-order valence-corrected chi connectivity index (χ1v) is 9.18. The van der Waals surface area contributed by atoms with Gasteiger partial charge in [0.1, 0.15) is 23.7 Å². The molecular formula is C22H23FN4O. The second-order valence-electron chi connectivity index (χ2n) is 6.78. The minimum absolute atomic E-state index is 0.199. The van der Waals surface area contributed by atoms with E-state index in [0.717, 1.165) is 11.1 Å². The fourth-order valence-electron chi connectivity index (χ4n) is 2.81. The van der Waals surface area contributed by atoms with E-state index in [4.69, 9.17) is 0 Å². The highest BCUT2D eigenvalue weighted by atomic mass is 19.1. The maximum Gasteiger partial charge on any atom is 0.270 e. The first-order chi connectivity index (χ1) is 13.5. The normalized spacial score (nSPS) is 10.7. The lowest BCUT2D eigenvalue weighted by Gasteiger charge is -2.28. The van der Waals surface area contributed by atoms with E-state index >= 15 is 0 Å². The van der Waals surface area contributed by atoms with Crippen LogP contribution in [-0.2, 0) is 13.1 Å². The number of benzene rings is 2. The highest BCUT2D eigenvalue weighted by molar-refractivity contribution is 5.92. The molecule has 0 spiro atoms. The molecule has 5 nitrogen and oxygen atoms in total. The summed E-state index contributed by atoms with van der Waals surface area (Å²) in [5.74, 6) is 0.0971. The van der Waals surface area contributed by atoms with Crippen LogP contribution in [0.15, 0.2) is 67.0 Å². The van der Waals surface area contributed by atoms with E-state index in [0.29, 0.717) is 24.6 Å². The Bertz CT molecular complexity index is 913. The maximum atomic E-state index is 13.0. The lowest BCUT2D eigenvalue weighted by atomic mass is 10.2. The molecule has 3 aromatic rings. The minimum atomic E-state index is -0.303. The van der Waals surface area contributed by atoms with Gasteiger partial charge < -0.3 is 10.2 Å². The number of nitrogens with one attached hydrogen (secondary N) is 1. The number of amides is 1. The number of aromatic nitrogens is 2. The lowest BCUT2D eigenvalue weighted by Crippen LogP contribution is -2.31. The molecule has 1 aromatic heterocycles. The average Bonchev–Trinajstić information content (AvgIpc) is 2.72. The number of carbonyl (C=O) groups excluding carboxylic acids is 1. The third-order valence-corrected chi connectivity index (χ3v) is 4.36. The molecule has 0 bridgehead atoms. The van der Waals surface area contributed by atoms with Crippen molar-refractivity contribution in [3.05, 3.63) is 89.6 Å². The van der Waals surface area contributed by atoms with Crippen LogP contribution in [0.3, 0.4) is 0 Å². The molecule has 28 heavy (non-hydrogen) atoms. The summed E-state index contributed by atoms with van der Waals surface area (Å²) in [7, 11) is 0. The molecule has 3 rings (SSSR count). The molecule has 0 aliphatic heterocycles. The van der Waals surface area contributed by atoms with Crippen LogP contribution in [-0.4, -0.2) is 21.9 Å². The predicted octanol–water partition coefficient (Wildman–Crippen LogP) is 3.96. The van der Waals surface area contributed by atoms with Crippen LogP contribution >= 0.6 is 0 Å². The van der Waals surface area contributed by atoms with Crippen molar-refractivity contribution in [2.75, 3.05) is 4.90 Å². The quantitative estimate of drug-likeness (QED) is 0.676. The average molecular weight is 378 g/mol. The largest absolute Gasteiger partial charge is 0.350 e. The smallest absolute Gasteiger partial charge is 0.270 e. The van der Waals surface area contributed by atoms with Crippen LogP contribution in [0.1, 0.15) is 35.5 Å². The summed E-state index contributed by atoms with van der Waals surface area (Å²) in [6.45, 7) is 5.15. The Hall–Kier alpha value is -3.28. The Kier molecular flexibility index (Phi) is 6.32. The van der Waals surface area contributed by atoms with Crippen LogP contribution < -0.4 is 10.2 Å². The van der Waals surface area contributed by atoms with Gasteiger partial charge in [0.2, 0.25) is 0 Å². The predicted molar refractivity (Wildman–Crippen MR) is 107 cm³/mol. The van der Waals surface area contributed by atoms with Crippen molar-refractivity contribution >= 4 is 11.7 Å². The van der Waals surface area contributed by atoms with Gasteiger partial charge >= 0.3 is 0 Å². The summed E-state index contributed by atoms with van der Waals surface area (Å²) in [4.78, 5) is 23.1. The maximum absolute atomic E-state index is 13.0. The summed E-state index contributed by atoms with van der Waals surface area (Å²) >= 11 is 0. The topological polar surface area (TPSA) is 58.1 Å². The van der Waals surface area contributed by atoms with E-state index in [2.05, 4.69) is 46.2 Å². The van der Waals surface area contributed by atoms with Crippen LogP contribution in [0, 0.1) is 5.82 Å². The monoisotopic (exact) mass is 378 g/mol. The lowest BCUT2D eigenvalue weighted by molar-refractivity contribution is 0.0945. The fraction of sp³-hybridized carbons (Fsp3) is 0.227. The molecule has 0 radical (unpaired) electrons. The van der Waals surface area contributed by atoms with E-state index in [9.17, 15) is 9.18 Å². The zero-order valence-corrected chi connectivity index (χ0v) is 16.0. The van der Waals surface area contributed by atoms with Crippen molar-refractivity contribution < 1.29 is 9.18 Å². The third kappa shape index (κ3) is 5.13. The summed E-state index contributed by atoms with van der Waals surface area (Å²) in [5, 5.41) is 2.81. The van der Waals surface area contributed by atoms with Crippen LogP contribution in [0.5, 0.6) is 0 Å². The zero-order chi connectivity index (χ0) is 19.9. The summed E-state index contributed by atoms with van der Waals surface area (Å²) in [6, 6.07) is 18.0. The number of nitrogens with zero attached hydrogens (tertiary/aromatic N) is 3. The molecule has 1 amide bonds. The Morgan fingerprint density at radius 2 is 1.75 bits per heavy atom. The van der Waals surface area contributed by atoms with Gasteiger partial charge in [0, 0.05) is 25.2 Å². The molecule has 0 unspecified atom stereocenters. The van der Waals surface area contributed by atoms with Crippen LogP contribution in [0.25, 0.3) is 0 Å². The van der Waals surface area contributed by atoms with Gasteiger partial charge in [0.25, 0.3) is 5.91 Å². The van der Waals surface area contributed by atoms with E-state index in [1.807, 2.05) is 18.2 Å². The standard InChI is InChI=1S/C22H23FN4O/c1-16(2)27(14-18-6-4-3-5-7-18)21-12-20(25-15-26-21)22(28)24-13-17-8-10-19(23)11-9-17/h3-12,15-16H,13-14H2,1-2H3,(H,24,28). The molecule has 0 saturated heterocycles. The molecule has 0 atom stereocenters. The molecule has 2 aromatic carbocycles. The molecule has 1 heterocycles. The molecule has 144 valence electrons. The molecular weight excluding hydrogens is 355 g/mol. The fourth-order valence-corrected chi connectivity index (χ4v) is 2.81. The molecule has 1 N–H and O–H groups in total. The van der Waals surface area contributed by atoms with Crippen molar-refractivity contribution in [1.29, 1.82) is 0 Å². The van der Waals surface area contributed by atoms with Crippen LogP contribution in [0.4, 0.5) is 10.2 Å². The molecule has 0 aliphatic carbocycles.